The molecule has 1 aromatic carbocycles. The van der Waals surface area contributed by atoms with Crippen LogP contribution in [0.3, 0.4) is 0 Å². The standard InChI is InChI=1S/C14H22N2/c15-10-14(16)13-8-6-12(7-9-13)11-4-2-1-3-5-11/h6-9,11,14H,1-5,10,15-16H2/t14-/m1/s1. The molecule has 1 fully saturated rings. The van der Waals surface area contributed by atoms with E-state index in [-0.39, 0.29) is 6.04 Å². The molecule has 0 radical (unpaired) electrons. The minimum atomic E-state index is -0.0135. The number of nitrogens with two attached hydrogens (primary N) is 2. The molecule has 1 aromatic rings. The van der Waals surface area contributed by atoms with Crippen LogP contribution in [0.15, 0.2) is 24.3 Å². The molecule has 2 rings (SSSR count). The molecule has 2 nitrogen and oxygen atoms in total. The number of rotatable bonds is 3. The summed E-state index contributed by atoms with van der Waals surface area (Å²) in [4.78, 5) is 0. The predicted octanol–water partition coefficient (Wildman–Crippen LogP) is 2.69. The van der Waals surface area contributed by atoms with Gasteiger partial charge in [0.05, 0.1) is 0 Å². The highest BCUT2D eigenvalue weighted by molar-refractivity contribution is 5.27. The zero-order valence-corrected chi connectivity index (χ0v) is 9.86. The van der Waals surface area contributed by atoms with Crippen LogP contribution in [0.2, 0.25) is 0 Å². The molecule has 1 aliphatic rings. The summed E-state index contributed by atoms with van der Waals surface area (Å²) in [5.41, 5.74) is 14.1. The van der Waals surface area contributed by atoms with Gasteiger partial charge in [-0.15, -0.1) is 0 Å². The van der Waals surface area contributed by atoms with Gasteiger partial charge >= 0.3 is 0 Å². The summed E-state index contributed by atoms with van der Waals surface area (Å²) in [7, 11) is 0. The second-order valence-corrected chi connectivity index (χ2v) is 4.84. The molecule has 0 aromatic heterocycles. The summed E-state index contributed by atoms with van der Waals surface area (Å²) < 4.78 is 0. The lowest BCUT2D eigenvalue weighted by molar-refractivity contribution is 0.443. The van der Waals surface area contributed by atoms with Gasteiger partial charge < -0.3 is 11.5 Å². The molecule has 88 valence electrons. The normalized spacial score (nSPS) is 19.6. The van der Waals surface area contributed by atoms with E-state index in [1.165, 1.54) is 37.7 Å². The Hall–Kier alpha value is -0.860. The average Bonchev–Trinajstić information content (AvgIpc) is 2.39. The highest BCUT2D eigenvalue weighted by Crippen LogP contribution is 2.32. The Morgan fingerprint density at radius 2 is 1.69 bits per heavy atom. The maximum atomic E-state index is 5.90. The Bertz CT molecular complexity index is 312. The van der Waals surface area contributed by atoms with Crippen molar-refractivity contribution in [1.29, 1.82) is 0 Å². The van der Waals surface area contributed by atoms with Gasteiger partial charge in [-0.2, -0.15) is 0 Å². The molecule has 0 saturated heterocycles. The van der Waals surface area contributed by atoms with Crippen molar-refractivity contribution >= 4 is 0 Å². The van der Waals surface area contributed by atoms with E-state index in [1.807, 2.05) is 0 Å². The Labute approximate surface area is 98.0 Å². The van der Waals surface area contributed by atoms with Crippen LogP contribution >= 0.6 is 0 Å². The van der Waals surface area contributed by atoms with E-state index >= 15 is 0 Å². The summed E-state index contributed by atoms with van der Waals surface area (Å²) in [5.74, 6) is 0.775. The molecule has 1 aliphatic carbocycles. The molecule has 1 atom stereocenters. The van der Waals surface area contributed by atoms with Crippen LogP contribution in [-0.2, 0) is 0 Å². The van der Waals surface area contributed by atoms with E-state index in [2.05, 4.69) is 24.3 Å². The summed E-state index contributed by atoms with van der Waals surface area (Å²) in [6, 6.07) is 8.74. The summed E-state index contributed by atoms with van der Waals surface area (Å²) in [6.07, 6.45) is 6.88. The summed E-state index contributed by atoms with van der Waals surface area (Å²) in [5, 5.41) is 0. The van der Waals surface area contributed by atoms with Gasteiger partial charge in [-0.05, 0) is 29.9 Å². The molecular formula is C14H22N2. The SMILES string of the molecule is NC[C@@H](N)c1ccc(C2CCCCC2)cc1. The zero-order valence-electron chi connectivity index (χ0n) is 9.86. The van der Waals surface area contributed by atoms with Gasteiger partial charge in [0, 0.05) is 12.6 Å². The molecule has 0 unspecified atom stereocenters. The van der Waals surface area contributed by atoms with E-state index in [0.717, 1.165) is 11.5 Å². The first kappa shape index (κ1) is 11.6. The fraction of sp³-hybridized carbons (Fsp3) is 0.571. The first-order valence-electron chi connectivity index (χ1n) is 6.37. The fourth-order valence-corrected chi connectivity index (χ4v) is 2.59. The van der Waals surface area contributed by atoms with Crippen molar-refractivity contribution in [3.63, 3.8) is 0 Å². The Kier molecular flexibility index (Phi) is 3.97. The van der Waals surface area contributed by atoms with Gasteiger partial charge in [0.25, 0.3) is 0 Å². The highest BCUT2D eigenvalue weighted by Gasteiger charge is 2.15. The molecule has 0 bridgehead atoms. The molecule has 0 heterocycles. The van der Waals surface area contributed by atoms with E-state index < -0.39 is 0 Å². The Balaban J connectivity index is 2.06. The lowest BCUT2D eigenvalue weighted by Gasteiger charge is -2.22. The van der Waals surface area contributed by atoms with Crippen molar-refractivity contribution in [2.45, 2.75) is 44.1 Å². The molecule has 16 heavy (non-hydrogen) atoms. The predicted molar refractivity (Wildman–Crippen MR) is 68.3 cm³/mol. The van der Waals surface area contributed by atoms with Gasteiger partial charge in [-0.3, -0.25) is 0 Å². The van der Waals surface area contributed by atoms with Crippen LogP contribution < -0.4 is 11.5 Å². The molecule has 2 heteroatoms. The lowest BCUT2D eigenvalue weighted by Crippen LogP contribution is -2.20. The number of hydrogen-bond donors (Lipinski definition) is 2. The molecule has 4 N–H and O–H groups in total. The van der Waals surface area contributed by atoms with Crippen molar-refractivity contribution in [2.75, 3.05) is 6.54 Å². The van der Waals surface area contributed by atoms with Crippen LogP contribution in [0, 0.1) is 0 Å². The van der Waals surface area contributed by atoms with Gasteiger partial charge in [0.1, 0.15) is 0 Å². The quantitative estimate of drug-likeness (QED) is 0.819. The minimum absolute atomic E-state index is 0.0135. The van der Waals surface area contributed by atoms with Gasteiger partial charge in [0.2, 0.25) is 0 Å². The first-order valence-corrected chi connectivity index (χ1v) is 6.37. The summed E-state index contributed by atoms with van der Waals surface area (Å²) in [6.45, 7) is 0.517. The van der Waals surface area contributed by atoms with Crippen LogP contribution in [0.4, 0.5) is 0 Å². The third-order valence-electron chi connectivity index (χ3n) is 3.70. The molecule has 1 saturated carbocycles. The van der Waals surface area contributed by atoms with E-state index in [4.69, 9.17) is 11.5 Å². The number of benzene rings is 1. The fourth-order valence-electron chi connectivity index (χ4n) is 2.59. The van der Waals surface area contributed by atoms with Crippen LogP contribution in [0.25, 0.3) is 0 Å². The van der Waals surface area contributed by atoms with Gasteiger partial charge in [-0.25, -0.2) is 0 Å². The minimum Gasteiger partial charge on any atom is -0.329 e. The second-order valence-electron chi connectivity index (χ2n) is 4.84. The van der Waals surface area contributed by atoms with Crippen molar-refractivity contribution < 1.29 is 0 Å². The smallest absolute Gasteiger partial charge is 0.0419 e. The molecule has 0 amide bonds. The van der Waals surface area contributed by atoms with Crippen molar-refractivity contribution in [3.05, 3.63) is 35.4 Å². The van der Waals surface area contributed by atoms with Crippen molar-refractivity contribution in [1.82, 2.24) is 0 Å². The van der Waals surface area contributed by atoms with Gasteiger partial charge in [-0.1, -0.05) is 43.5 Å². The zero-order chi connectivity index (χ0) is 11.4. The third-order valence-corrected chi connectivity index (χ3v) is 3.70. The van der Waals surface area contributed by atoms with E-state index in [9.17, 15) is 0 Å². The average molecular weight is 218 g/mol. The first-order chi connectivity index (χ1) is 7.81. The van der Waals surface area contributed by atoms with Gasteiger partial charge in [0.15, 0.2) is 0 Å². The largest absolute Gasteiger partial charge is 0.329 e. The van der Waals surface area contributed by atoms with E-state index in [1.54, 1.807) is 0 Å². The Morgan fingerprint density at radius 3 is 2.25 bits per heavy atom. The third kappa shape index (κ3) is 2.63. The topological polar surface area (TPSA) is 52.0 Å². The summed E-state index contributed by atoms with van der Waals surface area (Å²) >= 11 is 0. The van der Waals surface area contributed by atoms with E-state index in [0.29, 0.717) is 6.54 Å². The van der Waals surface area contributed by atoms with Crippen molar-refractivity contribution in [3.8, 4) is 0 Å². The van der Waals surface area contributed by atoms with Crippen molar-refractivity contribution in [2.24, 2.45) is 11.5 Å². The van der Waals surface area contributed by atoms with Crippen LogP contribution in [0.5, 0.6) is 0 Å². The lowest BCUT2D eigenvalue weighted by atomic mass is 9.84. The number of hydrogen-bond acceptors (Lipinski definition) is 2. The maximum Gasteiger partial charge on any atom is 0.0419 e. The molecular weight excluding hydrogens is 196 g/mol. The second kappa shape index (κ2) is 5.46. The monoisotopic (exact) mass is 218 g/mol. The maximum absolute atomic E-state index is 5.90. The molecule has 0 spiro atoms. The Morgan fingerprint density at radius 1 is 1.06 bits per heavy atom. The van der Waals surface area contributed by atoms with Crippen LogP contribution in [-0.4, -0.2) is 6.54 Å². The molecule has 0 aliphatic heterocycles. The van der Waals surface area contributed by atoms with Crippen LogP contribution in [0.1, 0.15) is 55.2 Å². The highest BCUT2D eigenvalue weighted by atomic mass is 14.7.